The molecule has 0 fully saturated rings. The zero-order valence-corrected chi connectivity index (χ0v) is 11.3. The van der Waals surface area contributed by atoms with E-state index in [0.29, 0.717) is 15.4 Å². The Balaban J connectivity index is 2.87. The molecule has 7 heteroatoms. The number of aromatic nitrogens is 2. The Labute approximate surface area is 111 Å². The van der Waals surface area contributed by atoms with E-state index in [0.717, 1.165) is 0 Å². The van der Waals surface area contributed by atoms with Crippen LogP contribution in [0.5, 0.6) is 0 Å². The molecule has 0 aliphatic rings. The van der Waals surface area contributed by atoms with E-state index >= 15 is 0 Å². The lowest BCUT2D eigenvalue weighted by Gasteiger charge is -2.10. The molecule has 0 bridgehead atoms. The highest BCUT2D eigenvalue weighted by molar-refractivity contribution is 9.10. The quantitative estimate of drug-likeness (QED) is 0.631. The SMILES string of the molecule is CC(C)n1nc(Br)c2ccc([N+](=O)[O-])cc2c1=O. The third-order valence-electron chi connectivity index (χ3n) is 2.56. The molecule has 0 saturated carbocycles. The Hall–Kier alpha value is -1.76. The maximum Gasteiger partial charge on any atom is 0.275 e. The van der Waals surface area contributed by atoms with Crippen LogP contribution in [-0.4, -0.2) is 14.7 Å². The molecule has 0 aliphatic carbocycles. The fourth-order valence-corrected chi connectivity index (χ4v) is 2.19. The highest BCUT2D eigenvalue weighted by Crippen LogP contribution is 2.23. The van der Waals surface area contributed by atoms with Crippen LogP contribution in [0.1, 0.15) is 19.9 Å². The van der Waals surface area contributed by atoms with Crippen molar-refractivity contribution >= 4 is 32.4 Å². The van der Waals surface area contributed by atoms with Crippen LogP contribution >= 0.6 is 15.9 Å². The minimum absolute atomic E-state index is 0.104. The van der Waals surface area contributed by atoms with E-state index in [9.17, 15) is 14.9 Å². The van der Waals surface area contributed by atoms with Gasteiger partial charge in [0.2, 0.25) is 0 Å². The smallest absolute Gasteiger partial charge is 0.267 e. The van der Waals surface area contributed by atoms with E-state index in [-0.39, 0.29) is 17.3 Å². The Morgan fingerprint density at radius 3 is 2.61 bits per heavy atom. The third-order valence-corrected chi connectivity index (χ3v) is 3.15. The molecule has 18 heavy (non-hydrogen) atoms. The fourth-order valence-electron chi connectivity index (χ4n) is 1.67. The maximum absolute atomic E-state index is 12.2. The number of rotatable bonds is 2. The molecule has 0 amide bonds. The van der Waals surface area contributed by atoms with Gasteiger partial charge < -0.3 is 0 Å². The summed E-state index contributed by atoms with van der Waals surface area (Å²) in [5.74, 6) is 0. The maximum atomic E-state index is 12.2. The number of non-ortho nitro benzene ring substituents is 1. The largest absolute Gasteiger partial charge is 0.275 e. The monoisotopic (exact) mass is 311 g/mol. The summed E-state index contributed by atoms with van der Waals surface area (Å²) in [5, 5.41) is 15.7. The van der Waals surface area contributed by atoms with Gasteiger partial charge in [0.25, 0.3) is 11.2 Å². The number of nitrogens with zero attached hydrogens (tertiary/aromatic N) is 3. The molecule has 1 aromatic carbocycles. The molecular formula is C11H10BrN3O3. The van der Waals surface area contributed by atoms with Gasteiger partial charge in [-0.2, -0.15) is 5.10 Å². The van der Waals surface area contributed by atoms with Crippen LogP contribution in [0.15, 0.2) is 27.6 Å². The molecule has 0 radical (unpaired) electrons. The van der Waals surface area contributed by atoms with Crippen molar-refractivity contribution in [3.8, 4) is 0 Å². The summed E-state index contributed by atoms with van der Waals surface area (Å²) in [7, 11) is 0. The van der Waals surface area contributed by atoms with Crippen LogP contribution in [0, 0.1) is 10.1 Å². The number of halogens is 1. The molecule has 2 aromatic rings. The van der Waals surface area contributed by atoms with Crippen LogP contribution < -0.4 is 5.56 Å². The molecule has 0 unspecified atom stereocenters. The van der Waals surface area contributed by atoms with Crippen LogP contribution in [-0.2, 0) is 0 Å². The minimum atomic E-state index is -0.521. The van der Waals surface area contributed by atoms with Gasteiger partial charge in [0.05, 0.1) is 16.4 Å². The van der Waals surface area contributed by atoms with Crippen molar-refractivity contribution in [3.63, 3.8) is 0 Å². The normalized spacial score (nSPS) is 11.1. The van der Waals surface area contributed by atoms with Gasteiger partial charge in [-0.15, -0.1) is 0 Å². The molecule has 0 saturated heterocycles. The number of fused-ring (bicyclic) bond motifs is 1. The fraction of sp³-hybridized carbons (Fsp3) is 0.273. The first-order valence-corrected chi connectivity index (χ1v) is 6.07. The van der Waals surface area contributed by atoms with Crippen molar-refractivity contribution in [3.05, 3.63) is 43.3 Å². The first-order chi connectivity index (χ1) is 8.41. The summed E-state index contributed by atoms with van der Waals surface area (Å²) in [4.78, 5) is 22.4. The Kier molecular flexibility index (Phi) is 3.16. The van der Waals surface area contributed by atoms with Gasteiger partial charge in [-0.1, -0.05) is 0 Å². The molecule has 2 rings (SSSR count). The van der Waals surface area contributed by atoms with E-state index in [1.807, 2.05) is 13.8 Å². The van der Waals surface area contributed by atoms with Crippen LogP contribution in [0.25, 0.3) is 10.8 Å². The van der Waals surface area contributed by atoms with Gasteiger partial charge in [0.15, 0.2) is 0 Å². The molecule has 1 aromatic heterocycles. The van der Waals surface area contributed by atoms with Gasteiger partial charge in [-0.3, -0.25) is 14.9 Å². The second-order valence-electron chi connectivity index (χ2n) is 4.12. The topological polar surface area (TPSA) is 78.0 Å². The summed E-state index contributed by atoms with van der Waals surface area (Å²) < 4.78 is 1.80. The predicted octanol–water partition coefficient (Wildman–Crippen LogP) is 2.65. The molecule has 6 nitrogen and oxygen atoms in total. The van der Waals surface area contributed by atoms with Crippen LogP contribution in [0.3, 0.4) is 0 Å². The Bertz CT molecular complexity index is 694. The molecule has 1 heterocycles. The van der Waals surface area contributed by atoms with Crippen molar-refractivity contribution in [2.24, 2.45) is 0 Å². The second kappa shape index (κ2) is 4.49. The van der Waals surface area contributed by atoms with Gasteiger partial charge in [0.1, 0.15) is 4.60 Å². The first kappa shape index (κ1) is 12.7. The number of nitro benzene ring substituents is 1. The second-order valence-corrected chi connectivity index (χ2v) is 4.87. The highest BCUT2D eigenvalue weighted by atomic mass is 79.9. The molecule has 0 aliphatic heterocycles. The first-order valence-electron chi connectivity index (χ1n) is 5.28. The van der Waals surface area contributed by atoms with Crippen LogP contribution in [0.2, 0.25) is 0 Å². The summed E-state index contributed by atoms with van der Waals surface area (Å²) in [6, 6.07) is 4.05. The standard InChI is InChI=1S/C11H10BrN3O3/c1-6(2)14-11(16)9-5-7(15(17)18)3-4-8(9)10(12)13-14/h3-6H,1-2H3. The van der Waals surface area contributed by atoms with Crippen molar-refractivity contribution < 1.29 is 4.92 Å². The Morgan fingerprint density at radius 2 is 2.06 bits per heavy atom. The van der Waals surface area contributed by atoms with E-state index in [2.05, 4.69) is 21.0 Å². The molecule has 0 N–H and O–H groups in total. The summed E-state index contributed by atoms with van der Waals surface area (Å²) in [6.07, 6.45) is 0. The average molecular weight is 312 g/mol. The van der Waals surface area contributed by atoms with Gasteiger partial charge >= 0.3 is 0 Å². The highest BCUT2D eigenvalue weighted by Gasteiger charge is 2.14. The van der Waals surface area contributed by atoms with Crippen LogP contribution in [0.4, 0.5) is 5.69 Å². The summed E-state index contributed by atoms with van der Waals surface area (Å²) >= 11 is 3.27. The van der Waals surface area contributed by atoms with Crippen molar-refractivity contribution in [1.82, 2.24) is 9.78 Å². The molecule has 0 atom stereocenters. The van der Waals surface area contributed by atoms with E-state index in [4.69, 9.17) is 0 Å². The van der Waals surface area contributed by atoms with Gasteiger partial charge in [-0.25, -0.2) is 4.68 Å². The lowest BCUT2D eigenvalue weighted by molar-refractivity contribution is -0.384. The van der Waals surface area contributed by atoms with Crippen molar-refractivity contribution in [2.45, 2.75) is 19.9 Å². The van der Waals surface area contributed by atoms with E-state index in [1.54, 1.807) is 0 Å². The van der Waals surface area contributed by atoms with E-state index in [1.165, 1.54) is 22.9 Å². The van der Waals surface area contributed by atoms with E-state index < -0.39 is 4.92 Å². The van der Waals surface area contributed by atoms with Crippen molar-refractivity contribution in [2.75, 3.05) is 0 Å². The Morgan fingerprint density at radius 1 is 1.39 bits per heavy atom. The van der Waals surface area contributed by atoms with Gasteiger partial charge in [-0.05, 0) is 35.8 Å². The molecular weight excluding hydrogens is 302 g/mol. The van der Waals surface area contributed by atoms with Gasteiger partial charge in [0, 0.05) is 17.5 Å². The predicted molar refractivity (Wildman–Crippen MR) is 70.7 cm³/mol. The average Bonchev–Trinajstić information content (AvgIpc) is 2.32. The lowest BCUT2D eigenvalue weighted by atomic mass is 10.2. The number of hydrogen-bond acceptors (Lipinski definition) is 4. The molecule has 94 valence electrons. The minimum Gasteiger partial charge on any atom is -0.267 e. The molecule has 0 spiro atoms. The zero-order chi connectivity index (χ0) is 13.4. The number of benzene rings is 1. The lowest BCUT2D eigenvalue weighted by Crippen LogP contribution is -2.25. The summed E-state index contributed by atoms with van der Waals surface area (Å²) in [6.45, 7) is 3.65. The number of nitro groups is 1. The van der Waals surface area contributed by atoms with Crippen molar-refractivity contribution in [1.29, 1.82) is 0 Å². The summed E-state index contributed by atoms with van der Waals surface area (Å²) in [5.41, 5.74) is -0.431. The third kappa shape index (κ3) is 2.01. The number of hydrogen-bond donors (Lipinski definition) is 0. The zero-order valence-electron chi connectivity index (χ0n) is 9.75.